The summed E-state index contributed by atoms with van der Waals surface area (Å²) < 4.78 is 26.9. The van der Waals surface area contributed by atoms with E-state index in [2.05, 4.69) is 21.5 Å². The van der Waals surface area contributed by atoms with Gasteiger partial charge >= 0.3 is 0 Å². The minimum Gasteiger partial charge on any atom is -0.395 e. The number of aromatic nitrogens is 1. The third kappa shape index (κ3) is 3.80. The van der Waals surface area contributed by atoms with Crippen LogP contribution in [-0.4, -0.2) is 25.1 Å². The number of nitrogens with one attached hydrogen (secondary N) is 1. The highest BCUT2D eigenvalue weighted by Crippen LogP contribution is 2.25. The molecule has 2 heterocycles. The van der Waals surface area contributed by atoms with Gasteiger partial charge in [-0.2, -0.15) is 0 Å². The lowest BCUT2D eigenvalue weighted by Gasteiger charge is -2.01. The molecule has 2 rings (SSSR count). The van der Waals surface area contributed by atoms with Gasteiger partial charge in [0.2, 0.25) is 0 Å². The summed E-state index contributed by atoms with van der Waals surface area (Å²) in [6.45, 7) is 1.85. The van der Waals surface area contributed by atoms with Crippen LogP contribution in [0.2, 0.25) is 0 Å². The first-order chi connectivity index (χ1) is 9.51. The van der Waals surface area contributed by atoms with Crippen molar-refractivity contribution in [3.8, 4) is 11.8 Å². The monoisotopic (exact) mass is 328 g/mol. The molecule has 106 valence electrons. The fourth-order valence-electron chi connectivity index (χ4n) is 1.31. The smallest absolute Gasteiger partial charge is 0.273 e. The normalized spacial score (nSPS) is 10.9. The first-order valence-corrected chi connectivity index (χ1v) is 8.78. The zero-order valence-corrected chi connectivity index (χ0v) is 13.0. The fourth-order valence-corrected chi connectivity index (χ4v) is 4.52. The van der Waals surface area contributed by atoms with E-state index >= 15 is 0 Å². The van der Waals surface area contributed by atoms with Gasteiger partial charge in [0.1, 0.15) is 4.21 Å². The van der Waals surface area contributed by atoms with Gasteiger partial charge in [-0.05, 0) is 19.1 Å². The van der Waals surface area contributed by atoms with E-state index in [9.17, 15) is 8.42 Å². The number of aryl methyl sites for hydroxylation is 1. The van der Waals surface area contributed by atoms with Crippen molar-refractivity contribution in [2.75, 3.05) is 11.3 Å². The van der Waals surface area contributed by atoms with Crippen molar-refractivity contribution < 1.29 is 13.5 Å². The zero-order valence-electron chi connectivity index (χ0n) is 10.6. The molecule has 5 nitrogen and oxygen atoms in total. The molecule has 8 heteroatoms. The van der Waals surface area contributed by atoms with Crippen molar-refractivity contribution in [2.24, 2.45) is 0 Å². The standard InChI is InChI=1S/C12H12N2O3S3/c1-9-5-6-11(18-9)20(16,17)14-12-13-8-10(19-12)4-2-3-7-15/h5-6,8,15H,3,7H2,1H3,(H,13,14). The van der Waals surface area contributed by atoms with Gasteiger partial charge in [-0.1, -0.05) is 23.2 Å². The van der Waals surface area contributed by atoms with Crippen molar-refractivity contribution in [3.05, 3.63) is 28.1 Å². The quantitative estimate of drug-likeness (QED) is 0.842. The Morgan fingerprint density at radius 3 is 2.85 bits per heavy atom. The Labute approximate surface area is 125 Å². The Morgan fingerprint density at radius 2 is 2.20 bits per heavy atom. The zero-order chi connectivity index (χ0) is 14.6. The van der Waals surface area contributed by atoms with Crippen LogP contribution in [0.3, 0.4) is 0 Å². The molecular formula is C12H12N2O3S3. The first-order valence-electron chi connectivity index (χ1n) is 5.66. The number of nitrogens with zero attached hydrogens (tertiary/aromatic N) is 1. The summed E-state index contributed by atoms with van der Waals surface area (Å²) in [5, 5.41) is 8.91. The maximum absolute atomic E-state index is 12.1. The molecule has 0 aliphatic rings. The molecule has 0 bridgehead atoms. The Hall–Kier alpha value is -1.40. The molecular weight excluding hydrogens is 316 g/mol. The number of aliphatic hydroxyl groups excluding tert-OH is 1. The molecule has 0 aromatic carbocycles. The fraction of sp³-hybridized carbons (Fsp3) is 0.250. The Kier molecular flexibility index (Phi) is 4.77. The lowest BCUT2D eigenvalue weighted by Crippen LogP contribution is -2.10. The minimum absolute atomic E-state index is 0.00300. The van der Waals surface area contributed by atoms with E-state index in [1.807, 2.05) is 6.92 Å². The van der Waals surface area contributed by atoms with Crippen LogP contribution in [0.4, 0.5) is 5.13 Å². The Bertz CT molecular complexity index is 750. The second-order valence-corrected chi connectivity index (χ2v) is 8.00. The number of thiophene rings is 1. The molecule has 0 aliphatic heterocycles. The molecule has 2 N–H and O–H groups in total. The van der Waals surface area contributed by atoms with E-state index in [4.69, 9.17) is 5.11 Å². The molecule has 0 spiro atoms. The molecule has 0 saturated heterocycles. The number of hydrogen-bond donors (Lipinski definition) is 2. The van der Waals surface area contributed by atoms with Crippen LogP contribution in [0.5, 0.6) is 0 Å². The maximum Gasteiger partial charge on any atom is 0.273 e. The largest absolute Gasteiger partial charge is 0.395 e. The molecule has 0 radical (unpaired) electrons. The molecule has 0 unspecified atom stereocenters. The third-order valence-corrected chi connectivity index (χ3v) is 5.95. The number of thiazole rings is 1. The van der Waals surface area contributed by atoms with Crippen molar-refractivity contribution in [3.63, 3.8) is 0 Å². The van der Waals surface area contributed by atoms with E-state index in [0.717, 1.165) is 16.2 Å². The maximum atomic E-state index is 12.1. The van der Waals surface area contributed by atoms with E-state index in [1.165, 1.54) is 17.5 Å². The summed E-state index contributed by atoms with van der Waals surface area (Å²) in [6.07, 6.45) is 1.89. The second kappa shape index (κ2) is 6.37. The summed E-state index contributed by atoms with van der Waals surface area (Å²) >= 11 is 2.37. The van der Waals surface area contributed by atoms with Crippen molar-refractivity contribution in [2.45, 2.75) is 17.6 Å². The van der Waals surface area contributed by atoms with Crippen LogP contribution in [0.25, 0.3) is 0 Å². The number of anilines is 1. The molecule has 0 aliphatic carbocycles. The lowest BCUT2D eigenvalue weighted by molar-refractivity contribution is 0.305. The van der Waals surface area contributed by atoms with Gasteiger partial charge in [0.05, 0.1) is 17.7 Å². The number of sulfonamides is 1. The second-order valence-electron chi connectivity index (χ2n) is 3.78. The molecule has 0 saturated carbocycles. The highest BCUT2D eigenvalue weighted by Gasteiger charge is 2.17. The molecule has 0 fully saturated rings. The van der Waals surface area contributed by atoms with Crippen LogP contribution >= 0.6 is 22.7 Å². The minimum atomic E-state index is -3.58. The van der Waals surface area contributed by atoms with E-state index in [1.54, 1.807) is 12.1 Å². The lowest BCUT2D eigenvalue weighted by atomic mass is 10.4. The van der Waals surface area contributed by atoms with Gasteiger partial charge in [-0.3, -0.25) is 4.72 Å². The number of hydrogen-bond acceptors (Lipinski definition) is 6. The molecule has 0 atom stereocenters. The third-order valence-electron chi connectivity index (χ3n) is 2.16. The van der Waals surface area contributed by atoms with Crippen LogP contribution in [0, 0.1) is 18.8 Å². The van der Waals surface area contributed by atoms with Crippen LogP contribution in [0.15, 0.2) is 22.5 Å². The van der Waals surface area contributed by atoms with Crippen molar-refractivity contribution in [1.29, 1.82) is 0 Å². The van der Waals surface area contributed by atoms with Gasteiger partial charge in [0.15, 0.2) is 5.13 Å². The first kappa shape index (κ1) is 15.0. The summed E-state index contributed by atoms with van der Waals surface area (Å²) in [5.41, 5.74) is 0. The summed E-state index contributed by atoms with van der Waals surface area (Å²) in [4.78, 5) is 5.56. The summed E-state index contributed by atoms with van der Waals surface area (Å²) in [5.74, 6) is 5.57. The SMILES string of the molecule is Cc1ccc(S(=O)(=O)Nc2ncc(C#CCCO)s2)s1. The van der Waals surface area contributed by atoms with E-state index < -0.39 is 10.0 Å². The van der Waals surface area contributed by atoms with E-state index in [0.29, 0.717) is 11.3 Å². The van der Waals surface area contributed by atoms with Gasteiger partial charge < -0.3 is 5.11 Å². The molecule has 20 heavy (non-hydrogen) atoms. The van der Waals surface area contributed by atoms with E-state index in [-0.39, 0.29) is 15.9 Å². The summed E-state index contributed by atoms with van der Waals surface area (Å²) in [7, 11) is -3.58. The van der Waals surface area contributed by atoms with Gasteiger partial charge in [0, 0.05) is 11.3 Å². The number of aliphatic hydroxyl groups is 1. The van der Waals surface area contributed by atoms with Gasteiger partial charge in [-0.15, -0.1) is 11.3 Å². The number of rotatable bonds is 4. The Morgan fingerprint density at radius 1 is 1.40 bits per heavy atom. The molecule has 2 aromatic rings. The van der Waals surface area contributed by atoms with Crippen molar-refractivity contribution in [1.82, 2.24) is 4.98 Å². The van der Waals surface area contributed by atoms with Gasteiger partial charge in [-0.25, -0.2) is 13.4 Å². The molecule has 2 aromatic heterocycles. The highest BCUT2D eigenvalue weighted by atomic mass is 32.2. The van der Waals surface area contributed by atoms with Crippen LogP contribution in [0.1, 0.15) is 16.2 Å². The average molecular weight is 328 g/mol. The summed E-state index contributed by atoms with van der Waals surface area (Å²) in [6, 6.07) is 3.32. The highest BCUT2D eigenvalue weighted by molar-refractivity contribution is 7.94. The predicted molar refractivity (Wildman–Crippen MR) is 80.6 cm³/mol. The van der Waals surface area contributed by atoms with Crippen LogP contribution in [-0.2, 0) is 10.0 Å². The molecule has 0 amide bonds. The average Bonchev–Trinajstić information content (AvgIpc) is 2.99. The van der Waals surface area contributed by atoms with Gasteiger partial charge in [0.25, 0.3) is 10.0 Å². The van der Waals surface area contributed by atoms with Crippen molar-refractivity contribution >= 4 is 37.8 Å². The predicted octanol–water partition coefficient (Wildman–Crippen LogP) is 2.05. The topological polar surface area (TPSA) is 79.3 Å². The van der Waals surface area contributed by atoms with Crippen LogP contribution < -0.4 is 4.72 Å². The Balaban J connectivity index is 2.13.